The molecule has 6 nitrogen and oxygen atoms in total. The smallest absolute Gasteiger partial charge is 0.284 e. The molecule has 0 bridgehead atoms. The number of carbonyl (C=O) groups excluding carboxylic acids is 1. The number of aliphatic imine (C=N–C) groups is 1. The van der Waals surface area contributed by atoms with E-state index in [9.17, 15) is 4.79 Å². The first-order valence-corrected chi connectivity index (χ1v) is 8.55. The summed E-state index contributed by atoms with van der Waals surface area (Å²) in [5.74, 6) is 1.86. The molecule has 0 saturated heterocycles. The van der Waals surface area contributed by atoms with Gasteiger partial charge in [-0.15, -0.1) is 24.0 Å². The van der Waals surface area contributed by atoms with Gasteiger partial charge in [0.1, 0.15) is 12.3 Å². The fraction of sp³-hybridized carbons (Fsp3) is 0.647. The Morgan fingerprint density at radius 2 is 2.17 bits per heavy atom. The Balaban J connectivity index is 0.00000288. The highest BCUT2D eigenvalue weighted by atomic mass is 127. The average Bonchev–Trinajstić information content (AvgIpc) is 3.02. The molecular formula is C17H29IN4O2. The van der Waals surface area contributed by atoms with E-state index >= 15 is 0 Å². The van der Waals surface area contributed by atoms with Gasteiger partial charge in [0.15, 0.2) is 11.7 Å². The van der Waals surface area contributed by atoms with Crippen LogP contribution in [0.1, 0.15) is 62.3 Å². The number of rotatable bonds is 6. The molecule has 1 saturated carbocycles. The van der Waals surface area contributed by atoms with E-state index in [0.29, 0.717) is 18.3 Å². The lowest BCUT2D eigenvalue weighted by molar-refractivity contribution is 0.0972. The molecule has 2 unspecified atom stereocenters. The highest BCUT2D eigenvalue weighted by molar-refractivity contribution is 14.0. The van der Waals surface area contributed by atoms with Gasteiger partial charge < -0.3 is 20.8 Å². The van der Waals surface area contributed by atoms with Crippen LogP contribution in [-0.2, 0) is 6.54 Å². The molecule has 4 N–H and O–H groups in total. The average molecular weight is 448 g/mol. The molecule has 0 radical (unpaired) electrons. The molecule has 2 rings (SSSR count). The summed E-state index contributed by atoms with van der Waals surface area (Å²) in [4.78, 5) is 15.6. The van der Waals surface area contributed by atoms with Crippen LogP contribution in [0.3, 0.4) is 0 Å². The van der Waals surface area contributed by atoms with Gasteiger partial charge in [0.2, 0.25) is 0 Å². The number of primary amides is 1. The molecule has 1 heterocycles. The lowest BCUT2D eigenvalue weighted by Gasteiger charge is -2.30. The zero-order valence-electron chi connectivity index (χ0n) is 14.5. The van der Waals surface area contributed by atoms with Crippen LogP contribution < -0.4 is 16.4 Å². The normalized spacial score (nSPS) is 21.0. The second-order valence-corrected chi connectivity index (χ2v) is 6.11. The Morgan fingerprint density at radius 1 is 1.38 bits per heavy atom. The monoisotopic (exact) mass is 448 g/mol. The summed E-state index contributed by atoms with van der Waals surface area (Å²) in [5.41, 5.74) is 5.19. The van der Waals surface area contributed by atoms with Crippen LogP contribution in [0.5, 0.6) is 0 Å². The Bertz CT molecular complexity index is 544. The summed E-state index contributed by atoms with van der Waals surface area (Å²) in [7, 11) is 0. The molecule has 1 fully saturated rings. The highest BCUT2D eigenvalue weighted by Crippen LogP contribution is 2.26. The first-order valence-electron chi connectivity index (χ1n) is 8.55. The number of halogens is 1. The quantitative estimate of drug-likeness (QED) is 0.355. The fourth-order valence-corrected chi connectivity index (χ4v) is 3.06. The Hall–Kier alpha value is -1.25. The molecule has 0 aliphatic heterocycles. The van der Waals surface area contributed by atoms with Crippen molar-refractivity contribution in [3.8, 4) is 0 Å². The molecule has 1 aromatic rings. The number of nitrogens with one attached hydrogen (secondary N) is 2. The summed E-state index contributed by atoms with van der Waals surface area (Å²) in [5, 5.41) is 6.79. The minimum absolute atomic E-state index is 0. The van der Waals surface area contributed by atoms with Gasteiger partial charge in [0.25, 0.3) is 5.91 Å². The SMILES string of the molecule is CCNC(=NCc1ccc(C(N)=O)o1)NC1CCCC(CC)C1.I. The van der Waals surface area contributed by atoms with Crippen LogP contribution in [0.4, 0.5) is 0 Å². The molecule has 2 atom stereocenters. The van der Waals surface area contributed by atoms with Crippen molar-refractivity contribution in [2.45, 2.75) is 58.5 Å². The Morgan fingerprint density at radius 3 is 2.79 bits per heavy atom. The van der Waals surface area contributed by atoms with Crippen molar-refractivity contribution in [3.63, 3.8) is 0 Å². The number of nitrogens with two attached hydrogens (primary N) is 1. The maximum Gasteiger partial charge on any atom is 0.284 e. The summed E-state index contributed by atoms with van der Waals surface area (Å²) in [6.07, 6.45) is 6.25. The summed E-state index contributed by atoms with van der Waals surface area (Å²) in [6, 6.07) is 3.80. The van der Waals surface area contributed by atoms with Gasteiger partial charge in [0.05, 0.1) is 0 Å². The first-order chi connectivity index (χ1) is 11.1. The second-order valence-electron chi connectivity index (χ2n) is 6.11. The van der Waals surface area contributed by atoms with Crippen LogP contribution in [0.25, 0.3) is 0 Å². The molecule has 136 valence electrons. The molecule has 0 aromatic carbocycles. The van der Waals surface area contributed by atoms with Crippen molar-refractivity contribution in [1.82, 2.24) is 10.6 Å². The molecule has 1 aliphatic carbocycles. The predicted octanol–water partition coefficient (Wildman–Crippen LogP) is 3.02. The zero-order chi connectivity index (χ0) is 16.7. The van der Waals surface area contributed by atoms with Crippen LogP contribution in [0.15, 0.2) is 21.5 Å². The van der Waals surface area contributed by atoms with Crippen LogP contribution in [-0.4, -0.2) is 24.5 Å². The topological polar surface area (TPSA) is 92.6 Å². The van der Waals surface area contributed by atoms with Gasteiger partial charge in [0, 0.05) is 12.6 Å². The third-order valence-corrected chi connectivity index (χ3v) is 4.34. The lowest BCUT2D eigenvalue weighted by atomic mass is 9.84. The number of nitrogens with zero attached hydrogens (tertiary/aromatic N) is 1. The summed E-state index contributed by atoms with van der Waals surface area (Å²) >= 11 is 0. The maximum absolute atomic E-state index is 11.0. The molecule has 1 aromatic heterocycles. The second kappa shape index (κ2) is 10.6. The first kappa shape index (κ1) is 20.8. The fourth-order valence-electron chi connectivity index (χ4n) is 3.06. The predicted molar refractivity (Wildman–Crippen MR) is 107 cm³/mol. The van der Waals surface area contributed by atoms with Crippen LogP contribution in [0, 0.1) is 5.92 Å². The largest absolute Gasteiger partial charge is 0.454 e. The van der Waals surface area contributed by atoms with E-state index in [1.165, 1.54) is 32.1 Å². The van der Waals surface area contributed by atoms with Gasteiger partial charge in [-0.1, -0.05) is 26.2 Å². The van der Waals surface area contributed by atoms with E-state index < -0.39 is 5.91 Å². The van der Waals surface area contributed by atoms with E-state index in [2.05, 4.69) is 22.5 Å². The van der Waals surface area contributed by atoms with Crippen molar-refractivity contribution < 1.29 is 9.21 Å². The minimum Gasteiger partial charge on any atom is -0.454 e. The molecule has 1 aliphatic rings. The molecule has 1 amide bonds. The Kier molecular flexibility index (Phi) is 9.17. The van der Waals surface area contributed by atoms with E-state index in [0.717, 1.165) is 18.4 Å². The third-order valence-electron chi connectivity index (χ3n) is 4.34. The van der Waals surface area contributed by atoms with Crippen molar-refractivity contribution in [1.29, 1.82) is 0 Å². The zero-order valence-corrected chi connectivity index (χ0v) is 16.8. The van der Waals surface area contributed by atoms with Gasteiger partial charge in [-0.05, 0) is 37.8 Å². The molecular weight excluding hydrogens is 419 g/mol. The van der Waals surface area contributed by atoms with Crippen molar-refractivity contribution in [3.05, 3.63) is 23.7 Å². The summed E-state index contributed by atoms with van der Waals surface area (Å²) in [6.45, 7) is 5.50. The number of hydrogen-bond donors (Lipinski definition) is 3. The van der Waals surface area contributed by atoms with Gasteiger partial charge in [-0.2, -0.15) is 0 Å². The molecule has 0 spiro atoms. The van der Waals surface area contributed by atoms with Gasteiger partial charge in [-0.3, -0.25) is 4.79 Å². The minimum atomic E-state index is -0.557. The number of carbonyl (C=O) groups is 1. The van der Waals surface area contributed by atoms with E-state index in [1.807, 2.05) is 6.92 Å². The number of hydrogen-bond acceptors (Lipinski definition) is 3. The van der Waals surface area contributed by atoms with Crippen molar-refractivity contribution >= 4 is 35.8 Å². The number of amides is 1. The number of furan rings is 1. The van der Waals surface area contributed by atoms with Crippen LogP contribution >= 0.6 is 24.0 Å². The van der Waals surface area contributed by atoms with Crippen LogP contribution in [0.2, 0.25) is 0 Å². The van der Waals surface area contributed by atoms with Gasteiger partial charge in [-0.25, -0.2) is 4.99 Å². The number of guanidine groups is 1. The lowest BCUT2D eigenvalue weighted by Crippen LogP contribution is -2.45. The molecule has 24 heavy (non-hydrogen) atoms. The maximum atomic E-state index is 11.0. The van der Waals surface area contributed by atoms with Gasteiger partial charge >= 0.3 is 0 Å². The highest BCUT2D eigenvalue weighted by Gasteiger charge is 2.21. The van der Waals surface area contributed by atoms with E-state index in [4.69, 9.17) is 10.2 Å². The Labute approximate surface area is 161 Å². The standard InChI is InChI=1S/C17H28N4O2.HI/c1-3-12-6-5-7-13(10-12)21-17(19-4-2)20-11-14-8-9-15(23-14)16(18)22;/h8-9,12-13H,3-7,10-11H2,1-2H3,(H2,18,22)(H2,19,20,21);1H. The third kappa shape index (κ3) is 6.33. The van der Waals surface area contributed by atoms with Crippen molar-refractivity contribution in [2.75, 3.05) is 6.54 Å². The van der Waals surface area contributed by atoms with Crippen molar-refractivity contribution in [2.24, 2.45) is 16.6 Å². The van der Waals surface area contributed by atoms with E-state index in [1.54, 1.807) is 12.1 Å². The molecule has 7 heteroatoms. The van der Waals surface area contributed by atoms with E-state index in [-0.39, 0.29) is 29.7 Å². The summed E-state index contributed by atoms with van der Waals surface area (Å²) < 4.78 is 5.36.